The zero-order valence-corrected chi connectivity index (χ0v) is 16.0. The molecule has 1 amide bonds. The van der Waals surface area contributed by atoms with Crippen molar-refractivity contribution in [2.45, 2.75) is 19.6 Å². The molecular formula is C19H16BrN3OS. The van der Waals surface area contributed by atoms with Gasteiger partial charge in [-0.05, 0) is 64.1 Å². The van der Waals surface area contributed by atoms with Gasteiger partial charge in [-0.1, -0.05) is 12.1 Å². The maximum Gasteiger partial charge on any atom is 0.258 e. The third kappa shape index (κ3) is 3.07. The van der Waals surface area contributed by atoms with E-state index < -0.39 is 0 Å². The average Bonchev–Trinajstić information content (AvgIpc) is 3.20. The minimum Gasteiger partial charge on any atom is -0.359 e. The maximum absolute atomic E-state index is 12.9. The molecule has 0 spiro atoms. The minimum atomic E-state index is -0.287. The summed E-state index contributed by atoms with van der Waals surface area (Å²) in [6.45, 7) is 2.61. The molecule has 0 unspecified atom stereocenters. The minimum absolute atomic E-state index is 0.0113. The standard InChI is InChI=1S/C19H16BrN3OS/c1-12-6-7-16(15(20)10-12)22-18-17-14(5-2-8-21-17)19(24)23(18)11-13-4-3-9-25-13/h2-10,18,22H,11H2,1H3/t18-/m0/s1. The number of rotatable bonds is 4. The molecule has 1 aliphatic heterocycles. The van der Waals surface area contributed by atoms with Crippen molar-refractivity contribution in [3.05, 3.63) is 80.2 Å². The highest BCUT2D eigenvalue weighted by molar-refractivity contribution is 9.10. The predicted molar refractivity (Wildman–Crippen MR) is 104 cm³/mol. The van der Waals surface area contributed by atoms with Crippen LogP contribution in [0, 0.1) is 6.92 Å². The summed E-state index contributed by atoms with van der Waals surface area (Å²) in [4.78, 5) is 20.4. The van der Waals surface area contributed by atoms with Gasteiger partial charge in [-0.3, -0.25) is 9.78 Å². The van der Waals surface area contributed by atoms with Crippen molar-refractivity contribution in [1.29, 1.82) is 0 Å². The number of carbonyl (C=O) groups is 1. The molecule has 0 fully saturated rings. The molecule has 1 aliphatic rings. The summed E-state index contributed by atoms with van der Waals surface area (Å²) in [6, 6.07) is 13.8. The number of nitrogens with zero attached hydrogens (tertiary/aromatic N) is 2. The molecule has 126 valence electrons. The van der Waals surface area contributed by atoms with Crippen LogP contribution in [0.5, 0.6) is 0 Å². The van der Waals surface area contributed by atoms with Crippen LogP contribution in [-0.4, -0.2) is 15.8 Å². The molecule has 4 nitrogen and oxygen atoms in total. The van der Waals surface area contributed by atoms with Crippen LogP contribution in [0.3, 0.4) is 0 Å². The lowest BCUT2D eigenvalue weighted by atomic mass is 10.2. The van der Waals surface area contributed by atoms with Crippen LogP contribution in [0.2, 0.25) is 0 Å². The second-order valence-electron chi connectivity index (χ2n) is 5.98. The Balaban J connectivity index is 1.71. The number of pyridine rings is 1. The first-order chi connectivity index (χ1) is 12.1. The first-order valence-corrected chi connectivity index (χ1v) is 9.62. The van der Waals surface area contributed by atoms with Gasteiger partial charge in [0.2, 0.25) is 0 Å². The Bertz CT molecular complexity index is 926. The summed E-state index contributed by atoms with van der Waals surface area (Å²) in [5, 5.41) is 5.51. The Morgan fingerprint density at radius 1 is 1.28 bits per heavy atom. The highest BCUT2D eigenvalue weighted by atomic mass is 79.9. The molecule has 0 bridgehead atoms. The number of hydrogen-bond donors (Lipinski definition) is 1. The summed E-state index contributed by atoms with van der Waals surface area (Å²) >= 11 is 5.26. The van der Waals surface area contributed by atoms with Gasteiger partial charge >= 0.3 is 0 Å². The number of benzene rings is 1. The number of anilines is 1. The lowest BCUT2D eigenvalue weighted by Gasteiger charge is -2.26. The van der Waals surface area contributed by atoms with E-state index in [9.17, 15) is 4.79 Å². The number of hydrogen-bond acceptors (Lipinski definition) is 4. The van der Waals surface area contributed by atoms with Gasteiger partial charge in [0, 0.05) is 15.5 Å². The van der Waals surface area contributed by atoms with E-state index in [-0.39, 0.29) is 12.1 Å². The monoisotopic (exact) mass is 413 g/mol. The maximum atomic E-state index is 12.9. The third-order valence-electron chi connectivity index (χ3n) is 4.22. The molecule has 0 radical (unpaired) electrons. The Kier molecular flexibility index (Phi) is 4.31. The highest BCUT2D eigenvalue weighted by Crippen LogP contribution is 2.36. The van der Waals surface area contributed by atoms with E-state index in [0.717, 1.165) is 20.7 Å². The molecule has 4 rings (SSSR count). The van der Waals surface area contributed by atoms with Gasteiger partial charge < -0.3 is 10.2 Å². The van der Waals surface area contributed by atoms with Crippen molar-refractivity contribution >= 4 is 38.9 Å². The van der Waals surface area contributed by atoms with Crippen molar-refractivity contribution in [2.75, 3.05) is 5.32 Å². The average molecular weight is 414 g/mol. The quantitative estimate of drug-likeness (QED) is 0.655. The number of carbonyl (C=O) groups excluding carboxylic acids is 1. The van der Waals surface area contributed by atoms with Crippen molar-refractivity contribution in [3.8, 4) is 0 Å². The van der Waals surface area contributed by atoms with E-state index in [1.54, 1.807) is 17.5 Å². The van der Waals surface area contributed by atoms with Crippen LogP contribution in [0.15, 0.2) is 58.5 Å². The van der Waals surface area contributed by atoms with Crippen molar-refractivity contribution in [2.24, 2.45) is 0 Å². The van der Waals surface area contributed by atoms with E-state index >= 15 is 0 Å². The number of aryl methyl sites for hydroxylation is 1. The number of fused-ring (bicyclic) bond motifs is 1. The largest absolute Gasteiger partial charge is 0.359 e. The van der Waals surface area contributed by atoms with E-state index in [4.69, 9.17) is 0 Å². The third-order valence-corrected chi connectivity index (χ3v) is 5.74. The van der Waals surface area contributed by atoms with Gasteiger partial charge in [0.15, 0.2) is 0 Å². The van der Waals surface area contributed by atoms with Gasteiger partial charge in [0.1, 0.15) is 6.17 Å². The van der Waals surface area contributed by atoms with Crippen molar-refractivity contribution in [3.63, 3.8) is 0 Å². The fraction of sp³-hybridized carbons (Fsp3) is 0.158. The lowest BCUT2D eigenvalue weighted by Crippen LogP contribution is -2.31. The molecule has 3 heterocycles. The summed E-state index contributed by atoms with van der Waals surface area (Å²) in [5.41, 5.74) is 3.56. The van der Waals surface area contributed by atoms with Gasteiger partial charge in [-0.15, -0.1) is 11.3 Å². The smallest absolute Gasteiger partial charge is 0.258 e. The Morgan fingerprint density at radius 2 is 2.16 bits per heavy atom. The molecule has 2 aromatic heterocycles. The van der Waals surface area contributed by atoms with Crippen LogP contribution in [-0.2, 0) is 6.54 Å². The van der Waals surface area contributed by atoms with Crippen LogP contribution >= 0.6 is 27.3 Å². The molecular weight excluding hydrogens is 398 g/mol. The van der Waals surface area contributed by atoms with Gasteiger partial charge in [-0.2, -0.15) is 0 Å². The second-order valence-corrected chi connectivity index (χ2v) is 7.87. The van der Waals surface area contributed by atoms with Crippen LogP contribution in [0.1, 0.15) is 32.7 Å². The van der Waals surface area contributed by atoms with E-state index in [1.807, 2.05) is 53.6 Å². The predicted octanol–water partition coefficient (Wildman–Crippen LogP) is 4.98. The highest BCUT2D eigenvalue weighted by Gasteiger charge is 2.38. The summed E-state index contributed by atoms with van der Waals surface area (Å²) < 4.78 is 0.973. The SMILES string of the molecule is Cc1ccc(N[C@@H]2c3ncccc3C(=O)N2Cc2cccs2)c(Br)c1. The van der Waals surface area contributed by atoms with E-state index in [1.165, 1.54) is 5.56 Å². The van der Waals surface area contributed by atoms with Gasteiger partial charge in [-0.25, -0.2) is 0 Å². The summed E-state index contributed by atoms with van der Waals surface area (Å²) in [7, 11) is 0. The van der Waals surface area contributed by atoms with Gasteiger partial charge in [0.25, 0.3) is 5.91 Å². The number of nitrogens with one attached hydrogen (secondary N) is 1. The number of aromatic nitrogens is 1. The van der Waals surface area contributed by atoms with E-state index in [0.29, 0.717) is 12.1 Å². The molecule has 0 aliphatic carbocycles. The Labute approximate surface area is 158 Å². The fourth-order valence-electron chi connectivity index (χ4n) is 3.00. The van der Waals surface area contributed by atoms with Crippen LogP contribution in [0.4, 0.5) is 5.69 Å². The molecule has 1 aromatic carbocycles. The lowest BCUT2D eigenvalue weighted by molar-refractivity contribution is 0.0729. The number of thiophene rings is 1. The topological polar surface area (TPSA) is 45.2 Å². The molecule has 3 aromatic rings. The van der Waals surface area contributed by atoms with Crippen molar-refractivity contribution in [1.82, 2.24) is 9.88 Å². The molecule has 0 saturated heterocycles. The van der Waals surface area contributed by atoms with Crippen molar-refractivity contribution < 1.29 is 4.79 Å². The van der Waals surface area contributed by atoms with Gasteiger partial charge in [0.05, 0.1) is 23.5 Å². The summed E-state index contributed by atoms with van der Waals surface area (Å²) in [6.07, 6.45) is 1.45. The Hall–Kier alpha value is -2.18. The zero-order chi connectivity index (χ0) is 17.4. The van der Waals surface area contributed by atoms with E-state index in [2.05, 4.69) is 32.3 Å². The molecule has 1 atom stereocenters. The zero-order valence-electron chi connectivity index (χ0n) is 13.6. The Morgan fingerprint density at radius 3 is 2.92 bits per heavy atom. The normalized spacial score (nSPS) is 16.2. The summed E-state index contributed by atoms with van der Waals surface area (Å²) in [5.74, 6) is 0.0113. The number of halogens is 1. The van der Waals surface area contributed by atoms with Crippen LogP contribution in [0.25, 0.3) is 0 Å². The molecule has 0 saturated carbocycles. The molecule has 6 heteroatoms. The first-order valence-electron chi connectivity index (χ1n) is 7.94. The first kappa shape index (κ1) is 16.3. The molecule has 25 heavy (non-hydrogen) atoms. The number of amides is 1. The van der Waals surface area contributed by atoms with Crippen LogP contribution < -0.4 is 5.32 Å². The molecule has 1 N–H and O–H groups in total. The fourth-order valence-corrected chi connectivity index (χ4v) is 4.31. The second kappa shape index (κ2) is 6.61.